The monoisotopic (exact) mass is 410 g/mol. The van der Waals surface area contributed by atoms with Gasteiger partial charge in [0.2, 0.25) is 0 Å². The predicted molar refractivity (Wildman–Crippen MR) is 104 cm³/mol. The summed E-state index contributed by atoms with van der Waals surface area (Å²) in [5.74, 6) is -0.389. The van der Waals surface area contributed by atoms with E-state index >= 15 is 0 Å². The molecule has 1 aromatic carbocycles. The van der Waals surface area contributed by atoms with Crippen molar-refractivity contribution in [3.05, 3.63) is 65.8 Å². The Hall–Kier alpha value is -2.54. The highest BCUT2D eigenvalue weighted by Crippen LogP contribution is 2.34. The molecular formula is C22H25F3O4. The molecule has 1 aromatic rings. The SMILES string of the molecule is C=C1CCC(Oc2ccc([C@H](CC(=O)O)OCC)cc2)C/C=C\C=C1C(F)(F)F. The van der Waals surface area contributed by atoms with Gasteiger partial charge in [0, 0.05) is 13.0 Å². The fourth-order valence-electron chi connectivity index (χ4n) is 3.09. The van der Waals surface area contributed by atoms with Crippen molar-refractivity contribution in [2.45, 2.75) is 51.0 Å². The van der Waals surface area contributed by atoms with Crippen molar-refractivity contribution in [3.8, 4) is 5.75 Å². The van der Waals surface area contributed by atoms with Crippen LogP contribution >= 0.6 is 0 Å². The van der Waals surface area contributed by atoms with Gasteiger partial charge in [0.15, 0.2) is 0 Å². The number of hydrogen-bond acceptors (Lipinski definition) is 3. The summed E-state index contributed by atoms with van der Waals surface area (Å²) >= 11 is 0. The van der Waals surface area contributed by atoms with Crippen molar-refractivity contribution in [1.29, 1.82) is 0 Å². The molecule has 1 aliphatic rings. The number of carbonyl (C=O) groups is 1. The molecule has 29 heavy (non-hydrogen) atoms. The third-order valence-electron chi connectivity index (χ3n) is 4.53. The molecule has 0 heterocycles. The van der Waals surface area contributed by atoms with Crippen molar-refractivity contribution < 1.29 is 32.5 Å². The van der Waals surface area contributed by atoms with E-state index in [1.54, 1.807) is 37.3 Å². The minimum absolute atomic E-state index is 0.0428. The lowest BCUT2D eigenvalue weighted by atomic mass is 10.0. The molecule has 2 rings (SSSR count). The number of halogens is 3. The molecule has 0 bridgehead atoms. The third kappa shape index (κ3) is 7.09. The van der Waals surface area contributed by atoms with Gasteiger partial charge in [-0.3, -0.25) is 4.79 Å². The molecule has 0 amide bonds. The standard InChI is InChI=1S/C22H25F3O4/c1-3-28-20(14-21(26)27)16-9-12-18(13-10-16)29-17-6-4-5-7-19(22(23,24)25)15(2)8-11-17/h4-5,7,9-10,12-13,17,20H,2-3,6,8,11,14H2,1H3,(H,26,27)/b5-4-,19-7?/t17?,20-/m0/s1. The molecule has 0 saturated heterocycles. The molecule has 0 aromatic heterocycles. The first-order chi connectivity index (χ1) is 13.7. The Morgan fingerprint density at radius 3 is 2.59 bits per heavy atom. The normalized spacial score (nSPS) is 20.1. The Morgan fingerprint density at radius 1 is 1.31 bits per heavy atom. The summed E-state index contributed by atoms with van der Waals surface area (Å²) in [5, 5.41) is 9.01. The quantitative estimate of drug-likeness (QED) is 0.620. The number of allylic oxidation sites excluding steroid dienone is 4. The van der Waals surface area contributed by atoms with E-state index in [-0.39, 0.29) is 24.5 Å². The number of hydrogen-bond donors (Lipinski definition) is 1. The van der Waals surface area contributed by atoms with Crippen LogP contribution in [0.3, 0.4) is 0 Å². The number of benzene rings is 1. The average molecular weight is 410 g/mol. The van der Waals surface area contributed by atoms with E-state index in [0.29, 0.717) is 25.2 Å². The fraction of sp³-hybridized carbons (Fsp3) is 0.409. The Kier molecular flexibility index (Phi) is 8.08. The number of aliphatic carboxylic acids is 1. The van der Waals surface area contributed by atoms with Gasteiger partial charge in [-0.2, -0.15) is 13.2 Å². The first kappa shape index (κ1) is 22.7. The lowest BCUT2D eigenvalue weighted by molar-refractivity contribution is -0.140. The number of carboxylic acid groups (broad SMARTS) is 1. The summed E-state index contributed by atoms with van der Waals surface area (Å²) in [6.45, 7) is 5.77. The molecule has 7 heteroatoms. The molecule has 4 nitrogen and oxygen atoms in total. The van der Waals surface area contributed by atoms with Crippen LogP contribution in [0.4, 0.5) is 13.2 Å². The van der Waals surface area contributed by atoms with Gasteiger partial charge in [-0.25, -0.2) is 0 Å². The number of carboxylic acids is 1. The predicted octanol–water partition coefficient (Wildman–Crippen LogP) is 5.77. The maximum atomic E-state index is 13.1. The van der Waals surface area contributed by atoms with Gasteiger partial charge in [-0.05, 0) is 43.0 Å². The van der Waals surface area contributed by atoms with Gasteiger partial charge in [-0.15, -0.1) is 0 Å². The maximum absolute atomic E-state index is 13.1. The second kappa shape index (κ2) is 10.3. The Balaban J connectivity index is 2.03. The van der Waals surface area contributed by atoms with E-state index in [1.165, 1.54) is 6.08 Å². The molecule has 0 aliphatic heterocycles. The number of rotatable bonds is 7. The average Bonchev–Trinajstić information content (AvgIpc) is 2.72. The summed E-state index contributed by atoms with van der Waals surface area (Å²) in [6.07, 6.45) is -0.264. The Bertz CT molecular complexity index is 763. The molecule has 0 radical (unpaired) electrons. The van der Waals surface area contributed by atoms with Crippen LogP contribution in [0.2, 0.25) is 0 Å². The molecule has 1 N–H and O–H groups in total. The van der Waals surface area contributed by atoms with E-state index in [1.807, 2.05) is 0 Å². The van der Waals surface area contributed by atoms with Gasteiger partial charge in [0.1, 0.15) is 11.9 Å². The molecule has 0 spiro atoms. The summed E-state index contributed by atoms with van der Waals surface area (Å²) in [4.78, 5) is 11.0. The minimum Gasteiger partial charge on any atom is -0.490 e. The highest BCUT2D eigenvalue weighted by Gasteiger charge is 2.35. The van der Waals surface area contributed by atoms with E-state index in [2.05, 4.69) is 6.58 Å². The molecule has 0 saturated carbocycles. The molecule has 158 valence electrons. The van der Waals surface area contributed by atoms with Crippen LogP contribution in [-0.2, 0) is 9.53 Å². The van der Waals surface area contributed by atoms with Crippen LogP contribution < -0.4 is 4.74 Å². The zero-order valence-electron chi connectivity index (χ0n) is 16.2. The van der Waals surface area contributed by atoms with Crippen LogP contribution in [0.1, 0.15) is 44.3 Å². The largest absolute Gasteiger partial charge is 0.490 e. The van der Waals surface area contributed by atoms with Gasteiger partial charge in [-0.1, -0.05) is 36.9 Å². The first-order valence-corrected chi connectivity index (χ1v) is 9.43. The molecule has 1 aliphatic carbocycles. The van der Waals surface area contributed by atoms with Crippen molar-refractivity contribution >= 4 is 5.97 Å². The number of alkyl halides is 3. The molecule has 2 atom stereocenters. The smallest absolute Gasteiger partial charge is 0.416 e. The van der Waals surface area contributed by atoms with E-state index in [4.69, 9.17) is 14.6 Å². The zero-order chi connectivity index (χ0) is 21.4. The van der Waals surface area contributed by atoms with Crippen LogP contribution in [0.15, 0.2) is 60.2 Å². The van der Waals surface area contributed by atoms with Crippen LogP contribution in [0, 0.1) is 0 Å². The second-order valence-corrected chi connectivity index (χ2v) is 6.73. The van der Waals surface area contributed by atoms with Gasteiger partial charge in [0.05, 0.1) is 18.1 Å². The lowest BCUT2D eigenvalue weighted by Crippen LogP contribution is -2.17. The third-order valence-corrected chi connectivity index (χ3v) is 4.53. The van der Waals surface area contributed by atoms with Crippen molar-refractivity contribution in [1.82, 2.24) is 0 Å². The summed E-state index contributed by atoms with van der Waals surface area (Å²) in [7, 11) is 0. The minimum atomic E-state index is -4.43. The van der Waals surface area contributed by atoms with E-state index in [0.717, 1.165) is 11.6 Å². The summed E-state index contributed by atoms with van der Waals surface area (Å²) in [5.41, 5.74) is 0.0590. The van der Waals surface area contributed by atoms with Crippen molar-refractivity contribution in [3.63, 3.8) is 0 Å². The van der Waals surface area contributed by atoms with Crippen LogP contribution in [-0.4, -0.2) is 30.0 Å². The Labute approximate surface area is 168 Å². The van der Waals surface area contributed by atoms with Gasteiger partial charge in [0.25, 0.3) is 0 Å². The van der Waals surface area contributed by atoms with Crippen molar-refractivity contribution in [2.75, 3.05) is 6.61 Å². The fourth-order valence-corrected chi connectivity index (χ4v) is 3.09. The maximum Gasteiger partial charge on any atom is 0.416 e. The molecule has 1 unspecified atom stereocenters. The van der Waals surface area contributed by atoms with E-state index in [9.17, 15) is 18.0 Å². The second-order valence-electron chi connectivity index (χ2n) is 6.73. The van der Waals surface area contributed by atoms with Crippen LogP contribution in [0.5, 0.6) is 5.75 Å². The van der Waals surface area contributed by atoms with E-state index < -0.39 is 23.8 Å². The lowest BCUT2D eigenvalue weighted by Gasteiger charge is -2.20. The zero-order valence-corrected chi connectivity index (χ0v) is 16.2. The number of ether oxygens (including phenoxy) is 2. The Morgan fingerprint density at radius 2 is 2.00 bits per heavy atom. The van der Waals surface area contributed by atoms with Crippen LogP contribution in [0.25, 0.3) is 0 Å². The van der Waals surface area contributed by atoms with Gasteiger partial charge >= 0.3 is 12.1 Å². The molecule has 0 fully saturated rings. The summed E-state index contributed by atoms with van der Waals surface area (Å²) in [6, 6.07) is 6.92. The van der Waals surface area contributed by atoms with Gasteiger partial charge < -0.3 is 14.6 Å². The highest BCUT2D eigenvalue weighted by molar-refractivity contribution is 5.67. The molecular weight excluding hydrogens is 385 g/mol. The van der Waals surface area contributed by atoms with Crippen molar-refractivity contribution in [2.24, 2.45) is 0 Å². The topological polar surface area (TPSA) is 55.8 Å². The summed E-state index contributed by atoms with van der Waals surface area (Å²) < 4.78 is 50.7. The first-order valence-electron chi connectivity index (χ1n) is 9.43. The highest BCUT2D eigenvalue weighted by atomic mass is 19.4.